The Labute approximate surface area is 108 Å². The predicted molar refractivity (Wildman–Crippen MR) is 73.9 cm³/mol. The van der Waals surface area contributed by atoms with Crippen molar-refractivity contribution < 1.29 is 4.92 Å². The molecule has 0 heterocycles. The molecule has 5 nitrogen and oxygen atoms in total. The van der Waals surface area contributed by atoms with E-state index >= 15 is 0 Å². The Morgan fingerprint density at radius 3 is 2.72 bits per heavy atom. The van der Waals surface area contributed by atoms with E-state index < -0.39 is 0 Å². The molecule has 0 saturated carbocycles. The van der Waals surface area contributed by atoms with Crippen molar-refractivity contribution in [2.45, 2.75) is 26.3 Å². The average molecular weight is 251 g/mol. The van der Waals surface area contributed by atoms with Gasteiger partial charge in [0.15, 0.2) is 0 Å². The predicted octanol–water partition coefficient (Wildman–Crippen LogP) is 2.87. The molecule has 0 amide bonds. The van der Waals surface area contributed by atoms with Crippen LogP contribution >= 0.6 is 0 Å². The highest BCUT2D eigenvalue weighted by molar-refractivity contribution is 5.55. The second kappa shape index (κ2) is 6.96. The number of hydrogen-bond donors (Lipinski definition) is 1. The Morgan fingerprint density at radius 1 is 1.44 bits per heavy atom. The van der Waals surface area contributed by atoms with Crippen molar-refractivity contribution in [1.82, 2.24) is 4.90 Å². The molecule has 0 fully saturated rings. The van der Waals surface area contributed by atoms with Gasteiger partial charge in [-0.25, -0.2) is 0 Å². The molecular weight excluding hydrogens is 230 g/mol. The molecule has 1 aromatic rings. The van der Waals surface area contributed by atoms with Gasteiger partial charge in [0.1, 0.15) is 0 Å². The fraction of sp³-hybridized carbons (Fsp3) is 0.538. The summed E-state index contributed by atoms with van der Waals surface area (Å²) in [5.74, 6) is 0. The van der Waals surface area contributed by atoms with Crippen LogP contribution in [-0.2, 0) is 6.54 Å². The van der Waals surface area contributed by atoms with Gasteiger partial charge in [-0.05, 0) is 31.6 Å². The lowest BCUT2D eigenvalue weighted by Crippen LogP contribution is -2.19. The van der Waals surface area contributed by atoms with Crippen LogP contribution in [0, 0.1) is 10.1 Å². The Morgan fingerprint density at radius 2 is 2.17 bits per heavy atom. The summed E-state index contributed by atoms with van der Waals surface area (Å²) in [5, 5.41) is 13.9. The summed E-state index contributed by atoms with van der Waals surface area (Å²) in [6.07, 6.45) is 2.29. The Kier molecular flexibility index (Phi) is 5.58. The standard InChI is InChI=1S/C13H21N3O2/c1-4-5-8-15(3)10-11-9-12(16(17)18)6-7-13(11)14-2/h6-7,9,14H,4-5,8,10H2,1-3H3. The molecule has 1 N–H and O–H groups in total. The molecule has 0 bridgehead atoms. The van der Waals surface area contributed by atoms with Crippen LogP contribution in [0.15, 0.2) is 18.2 Å². The van der Waals surface area contributed by atoms with Gasteiger partial charge >= 0.3 is 0 Å². The summed E-state index contributed by atoms with van der Waals surface area (Å²) >= 11 is 0. The van der Waals surface area contributed by atoms with Gasteiger partial charge in [-0.2, -0.15) is 0 Å². The average Bonchev–Trinajstić information content (AvgIpc) is 2.36. The van der Waals surface area contributed by atoms with Crippen molar-refractivity contribution in [3.05, 3.63) is 33.9 Å². The molecule has 0 unspecified atom stereocenters. The number of nitro groups is 1. The molecule has 0 aromatic heterocycles. The van der Waals surface area contributed by atoms with Crippen LogP contribution < -0.4 is 5.32 Å². The first-order valence-electron chi connectivity index (χ1n) is 6.22. The molecule has 0 aliphatic heterocycles. The topological polar surface area (TPSA) is 58.4 Å². The molecule has 1 aromatic carbocycles. The van der Waals surface area contributed by atoms with E-state index in [1.54, 1.807) is 12.1 Å². The number of unbranched alkanes of at least 4 members (excludes halogenated alkanes) is 1. The molecule has 18 heavy (non-hydrogen) atoms. The molecule has 0 saturated heterocycles. The zero-order valence-corrected chi connectivity index (χ0v) is 11.3. The number of anilines is 1. The SMILES string of the molecule is CCCCN(C)Cc1cc([N+](=O)[O-])ccc1NC. The molecule has 0 radical (unpaired) electrons. The lowest BCUT2D eigenvalue weighted by molar-refractivity contribution is -0.384. The number of nitrogens with zero attached hydrogens (tertiary/aromatic N) is 2. The van der Waals surface area contributed by atoms with Crippen molar-refractivity contribution in [3.63, 3.8) is 0 Å². The zero-order chi connectivity index (χ0) is 13.5. The maximum absolute atomic E-state index is 10.8. The largest absolute Gasteiger partial charge is 0.388 e. The van der Waals surface area contributed by atoms with Crippen LogP contribution in [0.5, 0.6) is 0 Å². The summed E-state index contributed by atoms with van der Waals surface area (Å²) in [7, 11) is 3.87. The van der Waals surface area contributed by atoms with E-state index in [2.05, 4.69) is 17.1 Å². The van der Waals surface area contributed by atoms with Crippen LogP contribution in [0.1, 0.15) is 25.3 Å². The molecule has 0 atom stereocenters. The molecule has 100 valence electrons. The molecule has 0 spiro atoms. The molecule has 0 aliphatic rings. The Bertz CT molecular complexity index is 407. The lowest BCUT2D eigenvalue weighted by Gasteiger charge is -2.18. The summed E-state index contributed by atoms with van der Waals surface area (Å²) in [5.41, 5.74) is 2.06. The fourth-order valence-corrected chi connectivity index (χ4v) is 1.87. The second-order valence-electron chi connectivity index (χ2n) is 4.44. The summed E-state index contributed by atoms with van der Waals surface area (Å²) in [6, 6.07) is 4.94. The fourth-order valence-electron chi connectivity index (χ4n) is 1.87. The third-order valence-electron chi connectivity index (χ3n) is 2.90. The van der Waals surface area contributed by atoms with E-state index in [9.17, 15) is 10.1 Å². The number of hydrogen-bond acceptors (Lipinski definition) is 4. The minimum Gasteiger partial charge on any atom is -0.388 e. The van der Waals surface area contributed by atoms with Crippen molar-refractivity contribution in [2.24, 2.45) is 0 Å². The van der Waals surface area contributed by atoms with E-state index in [4.69, 9.17) is 0 Å². The van der Waals surface area contributed by atoms with Crippen LogP contribution in [-0.4, -0.2) is 30.5 Å². The summed E-state index contributed by atoms with van der Waals surface area (Å²) < 4.78 is 0. The van der Waals surface area contributed by atoms with Gasteiger partial charge in [-0.15, -0.1) is 0 Å². The summed E-state index contributed by atoms with van der Waals surface area (Å²) in [6.45, 7) is 3.88. The third-order valence-corrected chi connectivity index (χ3v) is 2.90. The highest BCUT2D eigenvalue weighted by Gasteiger charge is 2.11. The second-order valence-corrected chi connectivity index (χ2v) is 4.44. The maximum atomic E-state index is 10.8. The lowest BCUT2D eigenvalue weighted by atomic mass is 10.1. The number of nitrogens with one attached hydrogen (secondary N) is 1. The van der Waals surface area contributed by atoms with E-state index in [-0.39, 0.29) is 10.6 Å². The van der Waals surface area contributed by atoms with Crippen LogP contribution in [0.25, 0.3) is 0 Å². The van der Waals surface area contributed by atoms with Gasteiger partial charge in [0.2, 0.25) is 0 Å². The zero-order valence-electron chi connectivity index (χ0n) is 11.3. The van der Waals surface area contributed by atoms with E-state index in [0.29, 0.717) is 0 Å². The number of benzene rings is 1. The smallest absolute Gasteiger partial charge is 0.269 e. The molecule has 0 aliphatic carbocycles. The number of non-ortho nitro benzene ring substituents is 1. The number of nitro benzene ring substituents is 1. The molecule has 5 heteroatoms. The van der Waals surface area contributed by atoms with Gasteiger partial charge in [-0.3, -0.25) is 10.1 Å². The number of rotatable bonds is 7. The molecule has 1 rings (SSSR count). The van der Waals surface area contributed by atoms with Crippen LogP contribution in [0.4, 0.5) is 11.4 Å². The summed E-state index contributed by atoms with van der Waals surface area (Å²) in [4.78, 5) is 12.6. The van der Waals surface area contributed by atoms with Gasteiger partial charge in [-0.1, -0.05) is 13.3 Å². The quantitative estimate of drug-likeness (QED) is 0.598. The van der Waals surface area contributed by atoms with Crippen molar-refractivity contribution >= 4 is 11.4 Å². The van der Waals surface area contributed by atoms with Gasteiger partial charge < -0.3 is 10.2 Å². The van der Waals surface area contributed by atoms with E-state index in [1.807, 2.05) is 14.1 Å². The van der Waals surface area contributed by atoms with Gasteiger partial charge in [0, 0.05) is 31.4 Å². The van der Waals surface area contributed by atoms with Gasteiger partial charge in [0.25, 0.3) is 5.69 Å². The van der Waals surface area contributed by atoms with Crippen molar-refractivity contribution in [3.8, 4) is 0 Å². The Balaban J connectivity index is 2.84. The van der Waals surface area contributed by atoms with Crippen LogP contribution in [0.3, 0.4) is 0 Å². The van der Waals surface area contributed by atoms with E-state index in [0.717, 1.165) is 37.2 Å². The minimum atomic E-state index is -0.352. The molecular formula is C13H21N3O2. The highest BCUT2D eigenvalue weighted by Crippen LogP contribution is 2.23. The monoisotopic (exact) mass is 251 g/mol. The minimum absolute atomic E-state index is 0.146. The van der Waals surface area contributed by atoms with E-state index in [1.165, 1.54) is 6.07 Å². The van der Waals surface area contributed by atoms with Crippen molar-refractivity contribution in [1.29, 1.82) is 0 Å². The normalized spacial score (nSPS) is 10.7. The first-order valence-corrected chi connectivity index (χ1v) is 6.22. The first-order chi connectivity index (χ1) is 8.58. The van der Waals surface area contributed by atoms with Crippen LogP contribution in [0.2, 0.25) is 0 Å². The third kappa shape index (κ3) is 4.00. The van der Waals surface area contributed by atoms with Gasteiger partial charge in [0.05, 0.1) is 4.92 Å². The maximum Gasteiger partial charge on any atom is 0.269 e. The van der Waals surface area contributed by atoms with Crippen molar-refractivity contribution in [2.75, 3.05) is 26.0 Å². The highest BCUT2D eigenvalue weighted by atomic mass is 16.6. The first kappa shape index (κ1) is 14.4. The Hall–Kier alpha value is -1.62.